The number of halogens is 3. The maximum Gasteiger partial charge on any atom is 0.405 e. The van der Waals surface area contributed by atoms with Crippen LogP contribution >= 0.6 is 0 Å². The van der Waals surface area contributed by atoms with Crippen LogP contribution in [0.4, 0.5) is 13.2 Å². The highest BCUT2D eigenvalue weighted by Crippen LogP contribution is 2.33. The number of nitrogens with two attached hydrogens (primary N) is 1. The van der Waals surface area contributed by atoms with Crippen LogP contribution in [-0.2, 0) is 0 Å². The zero-order valence-electron chi connectivity index (χ0n) is 9.98. The zero-order chi connectivity index (χ0) is 12.4. The SMILES string of the molecule is CC1(C)CCCN(C(CN)C(F)(F)F)CC1. The van der Waals surface area contributed by atoms with Crippen LogP contribution < -0.4 is 5.73 Å². The molecule has 1 rings (SSSR count). The number of hydrogen-bond acceptors (Lipinski definition) is 2. The zero-order valence-corrected chi connectivity index (χ0v) is 9.98. The van der Waals surface area contributed by atoms with Crippen LogP contribution in [0.5, 0.6) is 0 Å². The molecule has 0 saturated carbocycles. The van der Waals surface area contributed by atoms with Crippen molar-refractivity contribution in [1.82, 2.24) is 4.90 Å². The molecule has 0 aromatic heterocycles. The third-order valence-electron chi connectivity index (χ3n) is 3.42. The molecular formula is C11H21F3N2. The summed E-state index contributed by atoms with van der Waals surface area (Å²) >= 11 is 0. The number of nitrogens with zero attached hydrogens (tertiary/aromatic N) is 1. The van der Waals surface area contributed by atoms with Gasteiger partial charge in [-0.15, -0.1) is 0 Å². The van der Waals surface area contributed by atoms with E-state index in [1.165, 1.54) is 4.90 Å². The first kappa shape index (κ1) is 13.8. The smallest absolute Gasteiger partial charge is 0.329 e. The lowest BCUT2D eigenvalue weighted by Crippen LogP contribution is -2.50. The van der Waals surface area contributed by atoms with Gasteiger partial charge < -0.3 is 5.73 Å². The predicted octanol–water partition coefficient (Wildman–Crippen LogP) is 2.39. The van der Waals surface area contributed by atoms with Crippen molar-refractivity contribution in [2.24, 2.45) is 11.1 Å². The topological polar surface area (TPSA) is 29.3 Å². The summed E-state index contributed by atoms with van der Waals surface area (Å²) in [4.78, 5) is 1.49. The van der Waals surface area contributed by atoms with Gasteiger partial charge in [-0.1, -0.05) is 13.8 Å². The summed E-state index contributed by atoms with van der Waals surface area (Å²) in [5.74, 6) is 0. The van der Waals surface area contributed by atoms with Gasteiger partial charge in [-0.05, 0) is 37.8 Å². The van der Waals surface area contributed by atoms with Gasteiger partial charge in [0, 0.05) is 6.54 Å². The van der Waals surface area contributed by atoms with E-state index in [0.717, 1.165) is 19.3 Å². The normalized spacial score (nSPS) is 25.1. The fraction of sp³-hybridized carbons (Fsp3) is 1.00. The molecule has 1 aliphatic rings. The van der Waals surface area contributed by atoms with Gasteiger partial charge in [-0.3, -0.25) is 4.90 Å². The van der Waals surface area contributed by atoms with E-state index in [0.29, 0.717) is 13.1 Å². The number of likely N-dealkylation sites (tertiary alicyclic amines) is 1. The Labute approximate surface area is 95.0 Å². The van der Waals surface area contributed by atoms with E-state index in [9.17, 15) is 13.2 Å². The highest BCUT2D eigenvalue weighted by molar-refractivity contribution is 4.84. The van der Waals surface area contributed by atoms with Crippen LogP contribution in [0.15, 0.2) is 0 Å². The molecule has 1 atom stereocenters. The van der Waals surface area contributed by atoms with Gasteiger partial charge in [0.05, 0.1) is 0 Å². The van der Waals surface area contributed by atoms with Crippen LogP contribution in [0.25, 0.3) is 0 Å². The van der Waals surface area contributed by atoms with Crippen molar-refractivity contribution in [3.05, 3.63) is 0 Å². The Hall–Kier alpha value is -0.290. The molecule has 96 valence electrons. The summed E-state index contributed by atoms with van der Waals surface area (Å²) in [6, 6.07) is -1.47. The lowest BCUT2D eigenvalue weighted by Gasteiger charge is -2.31. The lowest BCUT2D eigenvalue weighted by atomic mass is 9.85. The van der Waals surface area contributed by atoms with Gasteiger partial charge in [-0.2, -0.15) is 13.2 Å². The molecule has 1 fully saturated rings. The van der Waals surface area contributed by atoms with Gasteiger partial charge in [0.15, 0.2) is 0 Å². The molecule has 0 aliphatic carbocycles. The molecule has 1 heterocycles. The first-order valence-corrected chi connectivity index (χ1v) is 5.77. The largest absolute Gasteiger partial charge is 0.405 e. The molecule has 1 unspecified atom stereocenters. The fourth-order valence-electron chi connectivity index (χ4n) is 2.25. The molecule has 2 N–H and O–H groups in total. The maximum absolute atomic E-state index is 12.7. The first-order chi connectivity index (χ1) is 7.26. The van der Waals surface area contributed by atoms with Crippen LogP contribution in [0.3, 0.4) is 0 Å². The summed E-state index contributed by atoms with van der Waals surface area (Å²) in [5, 5.41) is 0. The Morgan fingerprint density at radius 1 is 1.25 bits per heavy atom. The molecule has 2 nitrogen and oxygen atoms in total. The molecular weight excluding hydrogens is 217 g/mol. The molecule has 0 aromatic rings. The third kappa shape index (κ3) is 3.63. The Morgan fingerprint density at radius 3 is 2.38 bits per heavy atom. The molecule has 16 heavy (non-hydrogen) atoms. The van der Waals surface area contributed by atoms with E-state index in [-0.39, 0.29) is 12.0 Å². The number of rotatable bonds is 2. The van der Waals surface area contributed by atoms with Crippen molar-refractivity contribution in [3.8, 4) is 0 Å². The van der Waals surface area contributed by atoms with Crippen molar-refractivity contribution in [2.75, 3.05) is 19.6 Å². The summed E-state index contributed by atoms with van der Waals surface area (Å²) < 4.78 is 38.1. The van der Waals surface area contributed by atoms with E-state index in [1.807, 2.05) is 0 Å². The van der Waals surface area contributed by atoms with Crippen molar-refractivity contribution in [3.63, 3.8) is 0 Å². The lowest BCUT2D eigenvalue weighted by molar-refractivity contribution is -0.180. The molecule has 1 saturated heterocycles. The summed E-state index contributed by atoms with van der Waals surface area (Å²) in [6.45, 7) is 4.88. The van der Waals surface area contributed by atoms with E-state index >= 15 is 0 Å². The minimum Gasteiger partial charge on any atom is -0.329 e. The molecule has 0 aromatic carbocycles. The van der Waals surface area contributed by atoms with Crippen LogP contribution in [0, 0.1) is 5.41 Å². The Balaban J connectivity index is 2.66. The van der Waals surface area contributed by atoms with Crippen LogP contribution in [0.1, 0.15) is 33.1 Å². The van der Waals surface area contributed by atoms with Crippen LogP contribution in [-0.4, -0.2) is 36.8 Å². The Kier molecular flexibility index (Phi) is 4.23. The monoisotopic (exact) mass is 238 g/mol. The second-order valence-corrected chi connectivity index (χ2v) is 5.35. The average Bonchev–Trinajstić information content (AvgIpc) is 2.27. The predicted molar refractivity (Wildman–Crippen MR) is 58.1 cm³/mol. The highest BCUT2D eigenvalue weighted by atomic mass is 19.4. The highest BCUT2D eigenvalue weighted by Gasteiger charge is 2.43. The molecule has 1 aliphatic heterocycles. The number of alkyl halides is 3. The van der Waals surface area contributed by atoms with E-state index in [2.05, 4.69) is 13.8 Å². The van der Waals surface area contributed by atoms with Crippen LogP contribution in [0.2, 0.25) is 0 Å². The molecule has 0 bridgehead atoms. The summed E-state index contributed by atoms with van der Waals surface area (Å²) in [6.07, 6.45) is -1.60. The average molecular weight is 238 g/mol. The number of hydrogen-bond donors (Lipinski definition) is 1. The Morgan fingerprint density at radius 2 is 1.88 bits per heavy atom. The summed E-state index contributed by atoms with van der Waals surface area (Å²) in [5.41, 5.74) is 5.40. The van der Waals surface area contributed by atoms with Crippen molar-refractivity contribution >= 4 is 0 Å². The van der Waals surface area contributed by atoms with Crippen molar-refractivity contribution in [1.29, 1.82) is 0 Å². The second-order valence-electron chi connectivity index (χ2n) is 5.35. The first-order valence-electron chi connectivity index (χ1n) is 5.77. The van der Waals surface area contributed by atoms with E-state index < -0.39 is 12.2 Å². The maximum atomic E-state index is 12.7. The van der Waals surface area contributed by atoms with E-state index in [4.69, 9.17) is 5.73 Å². The Bertz CT molecular complexity index is 226. The minimum absolute atomic E-state index is 0.152. The molecule has 0 amide bonds. The van der Waals surface area contributed by atoms with Gasteiger partial charge in [0.1, 0.15) is 6.04 Å². The minimum atomic E-state index is -4.21. The fourth-order valence-corrected chi connectivity index (χ4v) is 2.25. The quantitative estimate of drug-likeness (QED) is 0.800. The van der Waals surface area contributed by atoms with Gasteiger partial charge >= 0.3 is 6.18 Å². The van der Waals surface area contributed by atoms with Crippen molar-refractivity contribution in [2.45, 2.75) is 45.3 Å². The van der Waals surface area contributed by atoms with Gasteiger partial charge in [-0.25, -0.2) is 0 Å². The molecule has 0 spiro atoms. The molecule has 5 heteroatoms. The second kappa shape index (κ2) is 4.92. The van der Waals surface area contributed by atoms with Gasteiger partial charge in [0.2, 0.25) is 0 Å². The van der Waals surface area contributed by atoms with E-state index in [1.54, 1.807) is 0 Å². The van der Waals surface area contributed by atoms with Gasteiger partial charge in [0.25, 0.3) is 0 Å². The molecule has 0 radical (unpaired) electrons. The van der Waals surface area contributed by atoms with Crippen molar-refractivity contribution < 1.29 is 13.2 Å². The standard InChI is InChI=1S/C11H21F3N2/c1-10(2)4-3-6-16(7-5-10)9(8-15)11(12,13)14/h9H,3-8,15H2,1-2H3. The third-order valence-corrected chi connectivity index (χ3v) is 3.42. The summed E-state index contributed by atoms with van der Waals surface area (Å²) in [7, 11) is 0.